The second-order valence-electron chi connectivity index (χ2n) is 11.4. The van der Waals surface area contributed by atoms with E-state index in [2.05, 4.69) is 39.0 Å². The summed E-state index contributed by atoms with van der Waals surface area (Å²) in [6.45, 7) is 4.77. The van der Waals surface area contributed by atoms with E-state index in [1.54, 1.807) is 24.7 Å². The van der Waals surface area contributed by atoms with Gasteiger partial charge >= 0.3 is 0 Å². The lowest BCUT2D eigenvalue weighted by Crippen LogP contribution is -2.53. The highest BCUT2D eigenvalue weighted by Gasteiger charge is 2.59. The minimum atomic E-state index is -1.15. The third kappa shape index (κ3) is 3.47. The fourth-order valence-electron chi connectivity index (χ4n) is 6.68. The van der Waals surface area contributed by atoms with Crippen LogP contribution >= 0.6 is 0 Å². The summed E-state index contributed by atoms with van der Waals surface area (Å²) < 4.78 is 34.3. The largest absolute Gasteiger partial charge is 0.377 e. The highest BCUT2D eigenvalue weighted by atomic mass is 19.1. The van der Waals surface area contributed by atoms with E-state index < -0.39 is 22.7 Å². The molecule has 2 atom stereocenters. The summed E-state index contributed by atoms with van der Waals surface area (Å²) in [5.41, 5.74) is 1.33. The SMILES string of the molecule is CC1(C)C[C@H]2CC[C@]1(c1ccnc(-c3cnc(C4(O)COC4)nc3)n1)c1nnc(-c3c(F)cccc3F)cc12. The van der Waals surface area contributed by atoms with Crippen molar-refractivity contribution in [3.8, 4) is 22.6 Å². The van der Waals surface area contributed by atoms with E-state index in [-0.39, 0.29) is 35.8 Å². The van der Waals surface area contributed by atoms with E-state index in [0.717, 1.165) is 36.2 Å². The van der Waals surface area contributed by atoms with Crippen molar-refractivity contribution in [3.63, 3.8) is 0 Å². The zero-order valence-electron chi connectivity index (χ0n) is 21.5. The monoisotopic (exact) mass is 528 g/mol. The van der Waals surface area contributed by atoms with Gasteiger partial charge in [-0.2, -0.15) is 5.10 Å². The summed E-state index contributed by atoms with van der Waals surface area (Å²) in [5, 5.41) is 19.5. The van der Waals surface area contributed by atoms with E-state index >= 15 is 0 Å². The second-order valence-corrected chi connectivity index (χ2v) is 11.4. The number of aromatic nitrogens is 6. The molecule has 1 saturated heterocycles. The highest BCUT2D eigenvalue weighted by molar-refractivity contribution is 5.63. The molecule has 0 unspecified atom stereocenters. The van der Waals surface area contributed by atoms with Gasteiger partial charge < -0.3 is 9.84 Å². The molecule has 8 rings (SSSR count). The minimum Gasteiger partial charge on any atom is -0.377 e. The molecule has 2 bridgehead atoms. The van der Waals surface area contributed by atoms with Crippen molar-refractivity contribution in [2.45, 2.75) is 50.0 Å². The van der Waals surface area contributed by atoms with Crippen molar-refractivity contribution in [1.29, 1.82) is 0 Å². The van der Waals surface area contributed by atoms with Crippen LogP contribution in [0.1, 0.15) is 61.8 Å². The molecule has 2 fully saturated rings. The van der Waals surface area contributed by atoms with Crippen LogP contribution in [0.3, 0.4) is 0 Å². The Balaban J connectivity index is 1.33. The fourth-order valence-corrected chi connectivity index (χ4v) is 6.68. The van der Waals surface area contributed by atoms with E-state index in [1.165, 1.54) is 18.2 Å². The quantitative estimate of drug-likeness (QED) is 0.413. The number of rotatable bonds is 4. The summed E-state index contributed by atoms with van der Waals surface area (Å²) in [7, 11) is 0. The molecular weight excluding hydrogens is 502 g/mol. The zero-order valence-corrected chi connectivity index (χ0v) is 21.5. The van der Waals surface area contributed by atoms with Gasteiger partial charge in [-0.3, -0.25) is 0 Å². The Kier molecular flexibility index (Phi) is 5.21. The molecule has 0 spiro atoms. The summed E-state index contributed by atoms with van der Waals surface area (Å²) in [6, 6.07) is 7.52. The first-order valence-corrected chi connectivity index (χ1v) is 13.0. The number of hydrogen-bond donors (Lipinski definition) is 1. The Hall–Kier alpha value is -3.76. The predicted octanol–water partition coefficient (Wildman–Crippen LogP) is 4.48. The van der Waals surface area contributed by atoms with Gasteiger partial charge in [0, 0.05) is 18.6 Å². The maximum Gasteiger partial charge on any atom is 0.170 e. The van der Waals surface area contributed by atoms with Gasteiger partial charge in [-0.15, -0.1) is 5.10 Å². The Labute approximate surface area is 223 Å². The fraction of sp³-hybridized carbons (Fsp3) is 0.379. The van der Waals surface area contributed by atoms with Crippen LogP contribution in [-0.4, -0.2) is 48.5 Å². The summed E-state index contributed by atoms with van der Waals surface area (Å²) >= 11 is 0. The molecular formula is C29H26F2N6O2. The van der Waals surface area contributed by atoms with E-state index in [4.69, 9.17) is 9.72 Å². The van der Waals surface area contributed by atoms with Crippen LogP contribution < -0.4 is 0 Å². The first-order chi connectivity index (χ1) is 18.7. The number of ether oxygens (including phenoxy) is 1. The molecule has 0 radical (unpaired) electrons. The molecule has 198 valence electrons. The maximum atomic E-state index is 14.6. The third-order valence-corrected chi connectivity index (χ3v) is 8.77. The number of aliphatic hydroxyl groups is 1. The van der Waals surface area contributed by atoms with E-state index in [0.29, 0.717) is 17.2 Å². The smallest absolute Gasteiger partial charge is 0.170 e. The van der Waals surface area contributed by atoms with Gasteiger partial charge in [0.05, 0.1) is 46.8 Å². The average Bonchev–Trinajstić information content (AvgIpc) is 2.92. The molecule has 1 aliphatic heterocycles. The van der Waals surface area contributed by atoms with E-state index in [1.807, 2.05) is 6.07 Å². The van der Waals surface area contributed by atoms with Crippen molar-refractivity contribution < 1.29 is 18.6 Å². The highest BCUT2D eigenvalue weighted by Crippen LogP contribution is 2.64. The lowest BCUT2D eigenvalue weighted by Gasteiger charge is -2.56. The molecule has 39 heavy (non-hydrogen) atoms. The van der Waals surface area contributed by atoms with Crippen molar-refractivity contribution >= 4 is 0 Å². The topological polar surface area (TPSA) is 107 Å². The number of fused-ring (bicyclic) bond motifs is 2. The summed E-state index contributed by atoms with van der Waals surface area (Å²) in [5.74, 6) is -0.333. The molecule has 4 heterocycles. The van der Waals surface area contributed by atoms with Crippen LogP contribution in [0.25, 0.3) is 22.6 Å². The Morgan fingerprint density at radius 3 is 2.41 bits per heavy atom. The van der Waals surface area contributed by atoms with Gasteiger partial charge in [-0.05, 0) is 60.4 Å². The molecule has 1 saturated carbocycles. The summed E-state index contributed by atoms with van der Waals surface area (Å²) in [6.07, 6.45) is 7.55. The molecule has 8 nitrogen and oxygen atoms in total. The number of benzene rings is 1. The molecule has 1 aromatic carbocycles. The number of hydrogen-bond acceptors (Lipinski definition) is 8. The van der Waals surface area contributed by atoms with Crippen LogP contribution in [0.4, 0.5) is 8.78 Å². The van der Waals surface area contributed by atoms with Gasteiger partial charge in [-0.25, -0.2) is 28.7 Å². The normalized spacial score (nSPS) is 24.2. The molecule has 3 aliphatic carbocycles. The van der Waals surface area contributed by atoms with Crippen molar-refractivity contribution in [1.82, 2.24) is 30.1 Å². The molecule has 4 aromatic rings. The lowest BCUT2D eigenvalue weighted by molar-refractivity contribution is -0.189. The average molecular weight is 529 g/mol. The summed E-state index contributed by atoms with van der Waals surface area (Å²) in [4.78, 5) is 18.2. The number of halogens is 2. The molecule has 3 aromatic heterocycles. The molecule has 0 amide bonds. The Bertz CT molecular complexity index is 1590. The van der Waals surface area contributed by atoms with Gasteiger partial charge in [0.2, 0.25) is 0 Å². The number of nitrogens with zero attached hydrogens (tertiary/aromatic N) is 6. The van der Waals surface area contributed by atoms with Crippen molar-refractivity contribution in [2.75, 3.05) is 13.2 Å². The molecule has 10 heteroatoms. The minimum absolute atomic E-state index is 0.159. The van der Waals surface area contributed by atoms with Crippen LogP contribution in [0.15, 0.2) is 48.9 Å². The van der Waals surface area contributed by atoms with Crippen molar-refractivity contribution in [3.05, 3.63) is 83.3 Å². The van der Waals surface area contributed by atoms with Gasteiger partial charge in [0.25, 0.3) is 0 Å². The van der Waals surface area contributed by atoms with Crippen molar-refractivity contribution in [2.24, 2.45) is 5.41 Å². The van der Waals surface area contributed by atoms with Crippen LogP contribution in [0.5, 0.6) is 0 Å². The lowest BCUT2D eigenvalue weighted by atomic mass is 9.47. The van der Waals surface area contributed by atoms with Crippen LogP contribution in [0.2, 0.25) is 0 Å². The molecule has 1 N–H and O–H groups in total. The first kappa shape index (κ1) is 24.3. The Morgan fingerprint density at radius 2 is 1.74 bits per heavy atom. The van der Waals surface area contributed by atoms with E-state index in [9.17, 15) is 13.9 Å². The first-order valence-electron chi connectivity index (χ1n) is 13.0. The predicted molar refractivity (Wildman–Crippen MR) is 136 cm³/mol. The van der Waals surface area contributed by atoms with Gasteiger partial charge in [0.15, 0.2) is 17.2 Å². The third-order valence-electron chi connectivity index (χ3n) is 8.77. The van der Waals surface area contributed by atoms with Gasteiger partial charge in [0.1, 0.15) is 11.6 Å². The van der Waals surface area contributed by atoms with Crippen LogP contribution in [-0.2, 0) is 15.8 Å². The zero-order chi connectivity index (χ0) is 27.0. The van der Waals surface area contributed by atoms with Crippen LogP contribution in [0, 0.1) is 17.0 Å². The second kappa shape index (κ2) is 8.37. The standard InChI is InChI=1S/C29H26F2N6O2/c1-27(2)11-16-6-8-29(27,24-18(16)10-21(36-37-24)23-19(30)4-3-5-20(23)31)22-7-9-32-25(35-22)17-12-33-26(34-13-17)28(38)14-39-15-28/h3-5,7,9-10,12-13,16,38H,6,8,11,14-15H2,1-2H3/t16-,29+/m1/s1. The molecule has 4 aliphatic rings. The van der Waals surface area contributed by atoms with Gasteiger partial charge in [-0.1, -0.05) is 19.9 Å². The Morgan fingerprint density at radius 1 is 1.00 bits per heavy atom. The maximum absolute atomic E-state index is 14.6.